The first-order chi connectivity index (χ1) is 16.3. The van der Waals surface area contributed by atoms with Crippen LogP contribution in [0.25, 0.3) is 33.4 Å². The van der Waals surface area contributed by atoms with Crippen LogP contribution >= 0.6 is 0 Å². The van der Waals surface area contributed by atoms with Crippen molar-refractivity contribution >= 4 is 36.9 Å². The minimum Gasteiger partial charge on any atom is -0.744 e. The smallest absolute Gasteiger partial charge is 0.744 e. The summed E-state index contributed by atoms with van der Waals surface area (Å²) in [5, 5.41) is 4.47. The molecule has 0 atom stereocenters. The average Bonchev–Trinajstić information content (AvgIpc) is 2.77. The Morgan fingerprint density at radius 3 is 2.28 bits per heavy atom. The second-order valence-electron chi connectivity index (χ2n) is 8.12. The summed E-state index contributed by atoms with van der Waals surface area (Å²) in [6.45, 7) is 6.34. The molecule has 9 nitrogen and oxygen atoms in total. The third-order valence-electron chi connectivity index (χ3n) is 5.78. The van der Waals surface area contributed by atoms with Crippen molar-refractivity contribution in [1.29, 1.82) is 0 Å². The van der Waals surface area contributed by atoms with Crippen molar-refractivity contribution in [2.75, 3.05) is 18.9 Å². The molecule has 0 radical (unpaired) electrons. The molecule has 1 aliphatic carbocycles. The van der Waals surface area contributed by atoms with Crippen LogP contribution < -0.4 is 40.2 Å². The number of aryl methyl sites for hydroxylation is 2. The summed E-state index contributed by atoms with van der Waals surface area (Å²) in [6, 6.07) is 10.0. The molecule has 0 aromatic heterocycles. The molecule has 0 unspecified atom stereocenters. The van der Waals surface area contributed by atoms with Gasteiger partial charge in [-0.05, 0) is 56.2 Å². The Labute approximate surface area is 231 Å². The molecule has 1 aliphatic heterocycles. The number of nitrogens with zero attached hydrogens (tertiary/aromatic N) is 1. The number of nitrogens with one attached hydrogen (secondary N) is 1. The summed E-state index contributed by atoms with van der Waals surface area (Å²) in [5.74, 6) is 0.409. The molecule has 12 heteroatoms. The van der Waals surface area contributed by atoms with Gasteiger partial charge < -0.3 is 14.3 Å². The Kier molecular flexibility index (Phi) is 8.07. The van der Waals surface area contributed by atoms with Crippen molar-refractivity contribution in [2.45, 2.75) is 30.6 Å². The Hall–Kier alpha value is -2.25. The number of hydrogen-bond acceptors (Lipinski definition) is 8. The zero-order chi connectivity index (χ0) is 25.7. The van der Waals surface area contributed by atoms with E-state index in [0.29, 0.717) is 45.8 Å². The van der Waals surface area contributed by atoms with E-state index >= 15 is 0 Å². The molecule has 2 aromatic rings. The van der Waals surface area contributed by atoms with E-state index in [2.05, 4.69) is 10.3 Å². The van der Waals surface area contributed by atoms with Gasteiger partial charge in [0.25, 0.3) is 10.1 Å². The van der Waals surface area contributed by atoms with Crippen LogP contribution in [-0.2, 0) is 20.2 Å². The van der Waals surface area contributed by atoms with E-state index < -0.39 is 30.0 Å². The van der Waals surface area contributed by atoms with Gasteiger partial charge in [-0.1, -0.05) is 6.07 Å². The van der Waals surface area contributed by atoms with Crippen molar-refractivity contribution in [1.82, 2.24) is 0 Å². The first-order valence-corrected chi connectivity index (χ1v) is 13.5. The minimum atomic E-state index is -4.97. The second-order valence-corrected chi connectivity index (χ2v) is 10.9. The van der Waals surface area contributed by atoms with E-state index in [1.807, 2.05) is 26.8 Å². The van der Waals surface area contributed by atoms with E-state index in [0.717, 1.165) is 22.9 Å². The monoisotopic (exact) mass is 538 g/mol. The fourth-order valence-electron chi connectivity index (χ4n) is 4.18. The number of benzene rings is 3. The SMILES string of the molecule is CCNc1cc2oc3cc(=NC)c(C)cc-3c(-c3ccc(S(=O)(=O)[O-])cc3S(=O)(=O)O)c2cc1C.[Na+]. The summed E-state index contributed by atoms with van der Waals surface area (Å²) in [7, 11) is -8.24. The predicted molar refractivity (Wildman–Crippen MR) is 131 cm³/mol. The first kappa shape index (κ1) is 28.3. The zero-order valence-electron chi connectivity index (χ0n) is 20.4. The van der Waals surface area contributed by atoms with Crippen molar-refractivity contribution in [2.24, 2.45) is 4.99 Å². The molecule has 2 aliphatic rings. The average molecular weight is 539 g/mol. The number of hydrogen-bond donors (Lipinski definition) is 2. The maximum absolute atomic E-state index is 12.4. The van der Waals surface area contributed by atoms with Crippen LogP contribution in [0.5, 0.6) is 0 Å². The third kappa shape index (κ3) is 5.23. The van der Waals surface area contributed by atoms with Crippen molar-refractivity contribution < 1.29 is 59.9 Å². The summed E-state index contributed by atoms with van der Waals surface area (Å²) in [5.41, 5.74) is 3.87. The number of rotatable bonds is 5. The molecule has 0 saturated heterocycles. The van der Waals surface area contributed by atoms with Gasteiger partial charge in [-0.3, -0.25) is 9.55 Å². The Morgan fingerprint density at radius 2 is 1.69 bits per heavy atom. The van der Waals surface area contributed by atoms with Gasteiger partial charge >= 0.3 is 29.6 Å². The Bertz CT molecular complexity index is 1740. The van der Waals surface area contributed by atoms with Gasteiger partial charge in [0.2, 0.25) is 0 Å². The van der Waals surface area contributed by atoms with Crippen molar-refractivity contribution in [3.63, 3.8) is 0 Å². The van der Waals surface area contributed by atoms with E-state index in [1.54, 1.807) is 25.2 Å². The topological polar surface area (TPSA) is 149 Å². The first-order valence-electron chi connectivity index (χ1n) is 10.6. The predicted octanol–water partition coefficient (Wildman–Crippen LogP) is 0.939. The molecule has 2 N–H and O–H groups in total. The molecule has 0 saturated carbocycles. The van der Waals surface area contributed by atoms with Gasteiger partial charge in [-0.15, -0.1) is 0 Å². The molecule has 184 valence electrons. The van der Waals surface area contributed by atoms with Crippen molar-refractivity contribution in [3.05, 3.63) is 58.9 Å². The number of fused-ring (bicyclic) bond motifs is 2. The molecular weight excluding hydrogens is 515 g/mol. The standard InChI is InChI=1S/C24H24N2O7S2.Na/c1-5-26-20-12-22-18(9-14(20)3)24(17-8-13(2)19(25-4)11-21(17)33-22)16-7-6-15(34(27,28)29)10-23(16)35(30,31)32;/h6-12,26H,5H2,1-4H3,(H,27,28,29)(H,30,31,32);/q;+1/p-1. The zero-order valence-corrected chi connectivity index (χ0v) is 24.0. The molecule has 4 rings (SSSR count). The number of anilines is 1. The maximum Gasteiger partial charge on any atom is 1.00 e. The van der Waals surface area contributed by atoms with Gasteiger partial charge in [0, 0.05) is 53.5 Å². The van der Waals surface area contributed by atoms with E-state index in [-0.39, 0.29) is 35.1 Å². The van der Waals surface area contributed by atoms with E-state index in [9.17, 15) is 25.9 Å². The molecule has 0 bridgehead atoms. The van der Waals surface area contributed by atoms with Crippen LogP contribution in [-0.4, -0.2) is 39.5 Å². The van der Waals surface area contributed by atoms with Gasteiger partial charge in [-0.25, -0.2) is 8.42 Å². The summed E-state index contributed by atoms with van der Waals surface area (Å²) < 4.78 is 75.7. The van der Waals surface area contributed by atoms with Crippen LogP contribution in [0.1, 0.15) is 18.1 Å². The van der Waals surface area contributed by atoms with Crippen LogP contribution in [0.2, 0.25) is 0 Å². The second kappa shape index (κ2) is 10.3. The van der Waals surface area contributed by atoms with Gasteiger partial charge in [0.1, 0.15) is 26.4 Å². The molecule has 2 aromatic carbocycles. The van der Waals surface area contributed by atoms with E-state index in [1.165, 1.54) is 6.07 Å². The Morgan fingerprint density at radius 1 is 1.00 bits per heavy atom. The fourth-order valence-corrected chi connectivity index (χ4v) is 5.47. The molecule has 0 amide bonds. The van der Waals surface area contributed by atoms with Crippen LogP contribution in [0.3, 0.4) is 0 Å². The van der Waals surface area contributed by atoms with E-state index in [4.69, 9.17) is 4.42 Å². The summed E-state index contributed by atoms with van der Waals surface area (Å²) in [6.07, 6.45) is 0. The van der Waals surface area contributed by atoms with Crippen LogP contribution in [0.4, 0.5) is 5.69 Å². The summed E-state index contributed by atoms with van der Waals surface area (Å²) >= 11 is 0. The Balaban J connectivity index is 0.00000361. The normalized spacial score (nSPS) is 12.7. The minimum absolute atomic E-state index is 0. The van der Waals surface area contributed by atoms with Gasteiger partial charge in [-0.2, -0.15) is 8.42 Å². The van der Waals surface area contributed by atoms with Gasteiger partial charge in [0.15, 0.2) is 0 Å². The van der Waals surface area contributed by atoms with Gasteiger partial charge in [0.05, 0.1) is 10.3 Å². The van der Waals surface area contributed by atoms with Crippen LogP contribution in [0, 0.1) is 13.8 Å². The summed E-state index contributed by atoms with van der Waals surface area (Å²) in [4.78, 5) is 2.79. The quantitative estimate of drug-likeness (QED) is 0.217. The largest absolute Gasteiger partial charge is 1.00 e. The molecule has 1 heterocycles. The third-order valence-corrected chi connectivity index (χ3v) is 7.51. The van der Waals surface area contributed by atoms with Crippen molar-refractivity contribution in [3.8, 4) is 22.5 Å². The molecule has 36 heavy (non-hydrogen) atoms. The molecule has 0 spiro atoms. The maximum atomic E-state index is 12.4. The van der Waals surface area contributed by atoms with Crippen LogP contribution in [0.15, 0.2) is 61.7 Å². The fraction of sp³-hybridized carbons (Fsp3) is 0.208. The molecule has 0 fully saturated rings. The molecular formula is C24H23N2NaO7S2.